The number of hydrogen-bond donors (Lipinski definition) is 1. The first kappa shape index (κ1) is 13.5. The molecule has 0 saturated carbocycles. The molecule has 1 atom stereocenters. The van der Waals surface area contributed by atoms with Gasteiger partial charge in [-0.1, -0.05) is 12.1 Å². The van der Waals surface area contributed by atoms with E-state index >= 15 is 0 Å². The van der Waals surface area contributed by atoms with E-state index in [-0.39, 0.29) is 0 Å². The topological polar surface area (TPSA) is 47.0 Å². The summed E-state index contributed by atoms with van der Waals surface area (Å²) in [5, 5.41) is 3.43. The molecule has 2 aromatic rings. The molecule has 1 aromatic heterocycles. The normalized spacial score (nSPS) is 19.3. The van der Waals surface area contributed by atoms with E-state index in [2.05, 4.69) is 15.3 Å². The zero-order chi connectivity index (χ0) is 13.6. The van der Waals surface area contributed by atoms with E-state index in [4.69, 9.17) is 4.74 Å². The third kappa shape index (κ3) is 3.52. The molecule has 1 unspecified atom stereocenters. The Morgan fingerprint density at radius 2 is 2.10 bits per heavy atom. The molecular weight excluding hydrogens is 250 g/mol. The molecule has 0 aliphatic carbocycles. The monoisotopic (exact) mass is 271 g/mol. The van der Waals surface area contributed by atoms with E-state index in [0.717, 1.165) is 42.8 Å². The first-order chi connectivity index (χ1) is 9.92. The number of nitrogens with one attached hydrogen (secondary N) is 1. The van der Waals surface area contributed by atoms with Gasteiger partial charge in [0.1, 0.15) is 0 Å². The van der Waals surface area contributed by atoms with Crippen molar-refractivity contribution in [3.8, 4) is 0 Å². The highest BCUT2D eigenvalue weighted by atomic mass is 16.5. The lowest BCUT2D eigenvalue weighted by molar-refractivity contribution is 0.0115. The Morgan fingerprint density at radius 1 is 1.20 bits per heavy atom. The fourth-order valence-corrected chi connectivity index (χ4v) is 2.60. The molecule has 1 aliphatic rings. The largest absolute Gasteiger partial charge is 0.378 e. The van der Waals surface area contributed by atoms with Crippen LogP contribution in [0.4, 0.5) is 0 Å². The van der Waals surface area contributed by atoms with Crippen molar-refractivity contribution in [2.75, 3.05) is 13.2 Å². The lowest BCUT2D eigenvalue weighted by Crippen LogP contribution is -2.25. The maximum atomic E-state index is 5.72. The van der Waals surface area contributed by atoms with Crippen LogP contribution >= 0.6 is 0 Å². The van der Waals surface area contributed by atoms with Crippen LogP contribution in [0.3, 0.4) is 0 Å². The van der Waals surface area contributed by atoms with Gasteiger partial charge in [-0.2, -0.15) is 0 Å². The molecule has 4 heteroatoms. The summed E-state index contributed by atoms with van der Waals surface area (Å²) in [5.41, 5.74) is 2.91. The zero-order valence-electron chi connectivity index (χ0n) is 11.7. The molecule has 1 saturated heterocycles. The number of nitrogens with zero attached hydrogens (tertiary/aromatic N) is 2. The smallest absolute Gasteiger partial charge is 0.0890 e. The van der Waals surface area contributed by atoms with Crippen LogP contribution in [-0.2, 0) is 11.3 Å². The lowest BCUT2D eigenvalue weighted by Gasteiger charge is -2.22. The zero-order valence-corrected chi connectivity index (χ0v) is 11.7. The lowest BCUT2D eigenvalue weighted by atomic mass is 10.1. The Balaban J connectivity index is 1.47. The summed E-state index contributed by atoms with van der Waals surface area (Å²) in [5.74, 6) is 0. The molecule has 4 nitrogen and oxygen atoms in total. The molecular formula is C16H21N3O. The van der Waals surface area contributed by atoms with Crippen molar-refractivity contribution in [1.29, 1.82) is 0 Å². The summed E-state index contributed by atoms with van der Waals surface area (Å²) in [6, 6.07) is 7.97. The van der Waals surface area contributed by atoms with Crippen LogP contribution < -0.4 is 5.32 Å². The first-order valence-corrected chi connectivity index (χ1v) is 7.45. The molecule has 2 heterocycles. The molecule has 1 N–H and O–H groups in total. The predicted molar refractivity (Wildman–Crippen MR) is 79.5 cm³/mol. The third-order valence-corrected chi connectivity index (χ3v) is 3.72. The highest BCUT2D eigenvalue weighted by molar-refractivity contribution is 5.73. The minimum atomic E-state index is 0.443. The predicted octanol–water partition coefficient (Wildman–Crippen LogP) is 2.68. The van der Waals surface area contributed by atoms with Crippen LogP contribution in [0.2, 0.25) is 0 Å². The summed E-state index contributed by atoms with van der Waals surface area (Å²) in [4.78, 5) is 9.03. The quantitative estimate of drug-likeness (QED) is 0.849. The molecule has 3 rings (SSSR count). The Morgan fingerprint density at radius 3 is 2.95 bits per heavy atom. The van der Waals surface area contributed by atoms with Gasteiger partial charge in [0.15, 0.2) is 0 Å². The number of para-hydroxylation sites is 2. The van der Waals surface area contributed by atoms with Gasteiger partial charge in [0, 0.05) is 13.2 Å². The Bertz CT molecular complexity index is 552. The maximum Gasteiger partial charge on any atom is 0.0890 e. The number of rotatable bonds is 5. The van der Waals surface area contributed by atoms with Gasteiger partial charge in [-0.25, -0.2) is 4.98 Å². The van der Waals surface area contributed by atoms with Gasteiger partial charge in [-0.15, -0.1) is 0 Å². The molecule has 0 spiro atoms. The van der Waals surface area contributed by atoms with Gasteiger partial charge in [-0.3, -0.25) is 4.98 Å². The number of fused-ring (bicyclic) bond motifs is 1. The van der Waals surface area contributed by atoms with Gasteiger partial charge < -0.3 is 10.1 Å². The Kier molecular flexibility index (Phi) is 4.56. The van der Waals surface area contributed by atoms with E-state index in [1.54, 1.807) is 0 Å². The van der Waals surface area contributed by atoms with E-state index < -0.39 is 0 Å². The number of benzene rings is 1. The standard InChI is InChI=1S/C16H21N3O/c1-2-7-16-15(6-1)18-12-13(19-16)11-17-9-8-14-5-3-4-10-20-14/h1-2,6-7,12,14,17H,3-5,8-11H2. The van der Waals surface area contributed by atoms with E-state index in [9.17, 15) is 0 Å². The van der Waals surface area contributed by atoms with Crippen LogP contribution in [0, 0.1) is 0 Å². The molecule has 0 amide bonds. The summed E-state index contributed by atoms with van der Waals surface area (Å²) in [6.07, 6.45) is 7.11. The molecule has 1 aromatic carbocycles. The average Bonchev–Trinajstić information content (AvgIpc) is 2.52. The van der Waals surface area contributed by atoms with Crippen molar-refractivity contribution in [3.05, 3.63) is 36.2 Å². The molecule has 0 bridgehead atoms. The van der Waals surface area contributed by atoms with Crippen LogP contribution in [0.5, 0.6) is 0 Å². The van der Waals surface area contributed by atoms with Crippen molar-refractivity contribution in [2.24, 2.45) is 0 Å². The number of ether oxygens (including phenoxy) is 1. The summed E-state index contributed by atoms with van der Waals surface area (Å²) in [7, 11) is 0. The molecule has 20 heavy (non-hydrogen) atoms. The van der Waals surface area contributed by atoms with Crippen LogP contribution in [0.25, 0.3) is 11.0 Å². The molecule has 0 radical (unpaired) electrons. The van der Waals surface area contributed by atoms with Gasteiger partial charge in [-0.05, 0) is 44.4 Å². The van der Waals surface area contributed by atoms with Crippen LogP contribution in [-0.4, -0.2) is 29.2 Å². The van der Waals surface area contributed by atoms with Crippen LogP contribution in [0.1, 0.15) is 31.4 Å². The summed E-state index contributed by atoms with van der Waals surface area (Å²) < 4.78 is 5.72. The van der Waals surface area contributed by atoms with E-state index in [1.165, 1.54) is 19.3 Å². The summed E-state index contributed by atoms with van der Waals surface area (Å²) >= 11 is 0. The highest BCUT2D eigenvalue weighted by Gasteiger charge is 2.12. The first-order valence-electron chi connectivity index (χ1n) is 7.45. The number of hydrogen-bond acceptors (Lipinski definition) is 4. The Labute approximate surface area is 119 Å². The van der Waals surface area contributed by atoms with Crippen molar-refractivity contribution < 1.29 is 4.74 Å². The molecule has 106 valence electrons. The maximum absolute atomic E-state index is 5.72. The van der Waals surface area contributed by atoms with Gasteiger partial charge in [0.25, 0.3) is 0 Å². The second kappa shape index (κ2) is 6.77. The van der Waals surface area contributed by atoms with Gasteiger partial charge in [0.2, 0.25) is 0 Å². The summed E-state index contributed by atoms with van der Waals surface area (Å²) in [6.45, 7) is 2.67. The van der Waals surface area contributed by atoms with Crippen LogP contribution in [0.15, 0.2) is 30.5 Å². The number of aromatic nitrogens is 2. The highest BCUT2D eigenvalue weighted by Crippen LogP contribution is 2.15. The minimum absolute atomic E-state index is 0.443. The van der Waals surface area contributed by atoms with E-state index in [0.29, 0.717) is 6.10 Å². The molecule has 1 fully saturated rings. The van der Waals surface area contributed by atoms with Crippen molar-refractivity contribution in [3.63, 3.8) is 0 Å². The third-order valence-electron chi connectivity index (χ3n) is 3.72. The second-order valence-electron chi connectivity index (χ2n) is 5.30. The Hall–Kier alpha value is -1.52. The van der Waals surface area contributed by atoms with Gasteiger partial charge >= 0.3 is 0 Å². The van der Waals surface area contributed by atoms with Crippen molar-refractivity contribution in [2.45, 2.75) is 38.3 Å². The van der Waals surface area contributed by atoms with Crippen molar-refractivity contribution >= 4 is 11.0 Å². The molecule has 1 aliphatic heterocycles. The fourth-order valence-electron chi connectivity index (χ4n) is 2.60. The minimum Gasteiger partial charge on any atom is -0.378 e. The van der Waals surface area contributed by atoms with Crippen molar-refractivity contribution in [1.82, 2.24) is 15.3 Å². The van der Waals surface area contributed by atoms with E-state index in [1.807, 2.05) is 30.5 Å². The van der Waals surface area contributed by atoms with Gasteiger partial charge in [0.05, 0.1) is 29.0 Å². The average molecular weight is 271 g/mol. The second-order valence-corrected chi connectivity index (χ2v) is 5.30. The SMILES string of the molecule is c1ccc2nc(CNCCC3CCCCO3)cnc2c1. The fraction of sp³-hybridized carbons (Fsp3) is 0.500.